The molecule has 5 nitrogen and oxygen atoms in total. The molecule has 0 saturated heterocycles. The molecule has 1 aliphatic carbocycles. The third-order valence-corrected chi connectivity index (χ3v) is 8.16. The zero-order valence-corrected chi connectivity index (χ0v) is 20.1. The van der Waals surface area contributed by atoms with Gasteiger partial charge in [-0.1, -0.05) is 43.0 Å². The lowest BCUT2D eigenvalue weighted by atomic mass is 9.95. The van der Waals surface area contributed by atoms with Crippen LogP contribution in [0.15, 0.2) is 35.2 Å². The minimum atomic E-state index is -3.81. The van der Waals surface area contributed by atoms with Crippen molar-refractivity contribution in [1.29, 1.82) is 0 Å². The molecular formula is C25H34N2O3S. The maximum absolute atomic E-state index is 13.8. The van der Waals surface area contributed by atoms with Gasteiger partial charge in [-0.2, -0.15) is 4.31 Å². The molecule has 0 atom stereocenters. The number of nitrogens with one attached hydrogen (secondary N) is 1. The molecule has 0 unspecified atom stereocenters. The Morgan fingerprint density at radius 2 is 1.39 bits per heavy atom. The number of sulfonamides is 1. The Kier molecular flexibility index (Phi) is 7.22. The van der Waals surface area contributed by atoms with Crippen LogP contribution >= 0.6 is 0 Å². The smallest absolute Gasteiger partial charge is 0.244 e. The van der Waals surface area contributed by atoms with E-state index in [0.717, 1.165) is 59.9 Å². The molecule has 2 aromatic rings. The lowest BCUT2D eigenvalue weighted by Crippen LogP contribution is -2.46. The van der Waals surface area contributed by atoms with Gasteiger partial charge in [-0.3, -0.25) is 4.79 Å². The van der Waals surface area contributed by atoms with Crippen LogP contribution in [0.3, 0.4) is 0 Å². The van der Waals surface area contributed by atoms with Gasteiger partial charge in [0.1, 0.15) is 0 Å². The van der Waals surface area contributed by atoms with Crippen molar-refractivity contribution in [3.05, 3.63) is 58.1 Å². The first-order valence-corrected chi connectivity index (χ1v) is 12.5. The molecule has 0 aromatic heterocycles. The van der Waals surface area contributed by atoms with Crippen LogP contribution in [0.5, 0.6) is 0 Å². The lowest BCUT2D eigenvalue weighted by molar-refractivity contribution is -0.116. The first kappa shape index (κ1) is 23.5. The van der Waals surface area contributed by atoms with E-state index in [1.165, 1.54) is 4.31 Å². The van der Waals surface area contributed by atoms with Crippen molar-refractivity contribution in [2.24, 2.45) is 0 Å². The van der Waals surface area contributed by atoms with Crippen molar-refractivity contribution in [1.82, 2.24) is 4.31 Å². The summed E-state index contributed by atoms with van der Waals surface area (Å²) < 4.78 is 29.1. The number of carbonyl (C=O) groups excluding carboxylic acids is 1. The fraction of sp³-hybridized carbons (Fsp3) is 0.480. The molecule has 168 valence electrons. The van der Waals surface area contributed by atoms with Gasteiger partial charge >= 0.3 is 0 Å². The first-order chi connectivity index (χ1) is 14.6. The third kappa shape index (κ3) is 5.55. The van der Waals surface area contributed by atoms with Crippen LogP contribution in [-0.4, -0.2) is 31.2 Å². The van der Waals surface area contributed by atoms with Gasteiger partial charge in [0.25, 0.3) is 0 Å². The summed E-state index contributed by atoms with van der Waals surface area (Å²) in [4.78, 5) is 13.3. The zero-order chi connectivity index (χ0) is 22.8. The summed E-state index contributed by atoms with van der Waals surface area (Å²) in [5.74, 6) is -0.304. The standard InChI is InChI=1S/C25H34N2O3S/c1-17-11-18(2)15-22(14-17)26-24(28)16-27(23-9-7-6-8-10-23)31(29,30)25-20(4)12-19(3)13-21(25)5/h11-15,23H,6-10,16H2,1-5H3,(H,26,28). The molecule has 0 aliphatic heterocycles. The topological polar surface area (TPSA) is 66.5 Å². The fourth-order valence-corrected chi connectivity index (χ4v) is 6.92. The molecule has 1 saturated carbocycles. The minimum absolute atomic E-state index is 0.149. The number of anilines is 1. The predicted octanol–water partition coefficient (Wildman–Crippen LogP) is 5.19. The van der Waals surface area contributed by atoms with Gasteiger partial charge in [0, 0.05) is 11.7 Å². The van der Waals surface area contributed by atoms with Crippen LogP contribution in [0.2, 0.25) is 0 Å². The second-order valence-electron chi connectivity index (χ2n) is 8.99. The molecule has 6 heteroatoms. The van der Waals surface area contributed by atoms with Gasteiger partial charge in [0.2, 0.25) is 15.9 Å². The molecular weight excluding hydrogens is 408 g/mol. The Morgan fingerprint density at radius 1 is 0.871 bits per heavy atom. The van der Waals surface area contributed by atoms with E-state index in [4.69, 9.17) is 0 Å². The Morgan fingerprint density at radius 3 is 1.94 bits per heavy atom. The predicted molar refractivity (Wildman–Crippen MR) is 126 cm³/mol. The molecule has 3 rings (SSSR count). The highest BCUT2D eigenvalue weighted by molar-refractivity contribution is 7.89. The average Bonchev–Trinajstić information content (AvgIpc) is 2.64. The number of aryl methyl sites for hydroxylation is 5. The Labute approximate surface area is 186 Å². The number of benzene rings is 2. The lowest BCUT2D eigenvalue weighted by Gasteiger charge is -2.33. The van der Waals surface area contributed by atoms with Gasteiger partial charge in [-0.25, -0.2) is 8.42 Å². The summed E-state index contributed by atoms with van der Waals surface area (Å²) in [7, 11) is -3.81. The average molecular weight is 443 g/mol. The van der Waals surface area contributed by atoms with Gasteiger partial charge < -0.3 is 5.32 Å². The number of amides is 1. The largest absolute Gasteiger partial charge is 0.325 e. The minimum Gasteiger partial charge on any atom is -0.325 e. The highest BCUT2D eigenvalue weighted by Crippen LogP contribution is 2.31. The number of hydrogen-bond donors (Lipinski definition) is 1. The summed E-state index contributed by atoms with van der Waals surface area (Å²) in [5.41, 5.74) is 5.30. The van der Waals surface area contributed by atoms with E-state index >= 15 is 0 Å². The number of hydrogen-bond acceptors (Lipinski definition) is 3. The molecule has 2 aromatic carbocycles. The second kappa shape index (κ2) is 9.53. The molecule has 1 aliphatic rings. The van der Waals surface area contributed by atoms with E-state index in [0.29, 0.717) is 10.6 Å². The van der Waals surface area contributed by atoms with Gasteiger partial charge in [-0.05, 0) is 81.8 Å². The van der Waals surface area contributed by atoms with E-state index in [1.54, 1.807) is 0 Å². The maximum atomic E-state index is 13.8. The second-order valence-corrected chi connectivity index (χ2v) is 10.8. The van der Waals surface area contributed by atoms with Crippen molar-refractivity contribution in [2.75, 3.05) is 11.9 Å². The number of nitrogens with zero attached hydrogens (tertiary/aromatic N) is 1. The van der Waals surface area contributed by atoms with E-state index in [1.807, 2.05) is 65.0 Å². The Hall–Kier alpha value is -2.18. The van der Waals surface area contributed by atoms with Crippen LogP contribution in [0.25, 0.3) is 0 Å². The van der Waals surface area contributed by atoms with E-state index in [2.05, 4.69) is 5.32 Å². The van der Waals surface area contributed by atoms with Crippen molar-refractivity contribution < 1.29 is 13.2 Å². The number of carbonyl (C=O) groups is 1. The monoisotopic (exact) mass is 442 g/mol. The highest BCUT2D eigenvalue weighted by atomic mass is 32.2. The summed E-state index contributed by atoms with van der Waals surface area (Å²) in [6.07, 6.45) is 4.67. The fourth-order valence-electron chi connectivity index (χ4n) is 4.86. The van der Waals surface area contributed by atoms with E-state index < -0.39 is 10.0 Å². The summed E-state index contributed by atoms with van der Waals surface area (Å²) in [5, 5.41) is 2.91. The summed E-state index contributed by atoms with van der Waals surface area (Å²) in [6.45, 7) is 9.41. The summed E-state index contributed by atoms with van der Waals surface area (Å²) in [6, 6.07) is 9.49. The molecule has 1 amide bonds. The molecule has 1 fully saturated rings. The SMILES string of the molecule is Cc1cc(C)cc(NC(=O)CN(C2CCCCC2)S(=O)(=O)c2c(C)cc(C)cc2C)c1. The van der Waals surface area contributed by atoms with E-state index in [-0.39, 0.29) is 18.5 Å². The van der Waals surface area contributed by atoms with Gasteiger partial charge in [0.15, 0.2) is 0 Å². The molecule has 0 radical (unpaired) electrons. The molecule has 0 spiro atoms. The Bertz CT molecular complexity index is 1030. The van der Waals surface area contributed by atoms with Crippen LogP contribution in [-0.2, 0) is 14.8 Å². The molecule has 0 bridgehead atoms. The van der Waals surface area contributed by atoms with Gasteiger partial charge in [-0.15, -0.1) is 0 Å². The molecule has 0 heterocycles. The van der Waals surface area contributed by atoms with Crippen LogP contribution in [0.4, 0.5) is 5.69 Å². The number of rotatable bonds is 6. The molecule has 1 N–H and O–H groups in total. The quantitative estimate of drug-likeness (QED) is 0.669. The zero-order valence-electron chi connectivity index (χ0n) is 19.3. The van der Waals surface area contributed by atoms with Crippen LogP contribution in [0, 0.1) is 34.6 Å². The summed E-state index contributed by atoms with van der Waals surface area (Å²) >= 11 is 0. The van der Waals surface area contributed by atoms with Crippen molar-refractivity contribution in [3.8, 4) is 0 Å². The normalized spacial score (nSPS) is 15.3. The maximum Gasteiger partial charge on any atom is 0.244 e. The highest BCUT2D eigenvalue weighted by Gasteiger charge is 2.35. The third-order valence-electron chi connectivity index (χ3n) is 5.96. The van der Waals surface area contributed by atoms with Gasteiger partial charge in [0.05, 0.1) is 11.4 Å². The van der Waals surface area contributed by atoms with Crippen molar-refractivity contribution in [2.45, 2.75) is 77.7 Å². The van der Waals surface area contributed by atoms with Crippen molar-refractivity contribution >= 4 is 21.6 Å². The van der Waals surface area contributed by atoms with Crippen LogP contribution in [0.1, 0.15) is 59.9 Å². The van der Waals surface area contributed by atoms with E-state index in [9.17, 15) is 13.2 Å². The first-order valence-electron chi connectivity index (χ1n) is 11.1. The van der Waals surface area contributed by atoms with Crippen LogP contribution < -0.4 is 5.32 Å². The Balaban J connectivity index is 1.94. The molecule has 31 heavy (non-hydrogen) atoms. The van der Waals surface area contributed by atoms with Crippen molar-refractivity contribution in [3.63, 3.8) is 0 Å².